The first-order valence-corrected chi connectivity index (χ1v) is 25.0. The summed E-state index contributed by atoms with van der Waals surface area (Å²) >= 11 is 0.960. The van der Waals surface area contributed by atoms with Crippen molar-refractivity contribution in [1.82, 2.24) is 30.2 Å². The summed E-state index contributed by atoms with van der Waals surface area (Å²) in [5.74, 6) is -1.27. The van der Waals surface area contributed by atoms with Gasteiger partial charge >= 0.3 is 23.5 Å². The predicted octanol–water partition coefficient (Wildman–Crippen LogP) is 1.50. The highest BCUT2D eigenvalue weighted by Gasteiger charge is 2.50. The van der Waals surface area contributed by atoms with Crippen LogP contribution >= 0.6 is 35.2 Å². The largest absolute Gasteiger partial charge is 0.481 e. The second kappa shape index (κ2) is 25.1. The summed E-state index contributed by atoms with van der Waals surface area (Å²) in [6, 6.07) is 0. The van der Waals surface area contributed by atoms with Crippen LogP contribution in [-0.2, 0) is 50.7 Å². The van der Waals surface area contributed by atoms with Crippen LogP contribution in [0.25, 0.3) is 11.2 Å². The Hall–Kier alpha value is -3.00. The number of rotatable bonds is 28. The monoisotopic (exact) mass is 975 g/mol. The van der Waals surface area contributed by atoms with E-state index in [1.807, 2.05) is 12.2 Å². The zero-order valence-electron chi connectivity index (χ0n) is 34.7. The van der Waals surface area contributed by atoms with E-state index in [9.17, 15) is 63.0 Å². The average Bonchev–Trinajstić information content (AvgIpc) is 3.75. The normalized spacial score (nSPS) is 21.4. The number of fused-ring (bicyclic) bond motifs is 1. The smallest absolute Gasteiger partial charge is 0.392 e. The second-order valence-electron chi connectivity index (χ2n) is 14.7. The van der Waals surface area contributed by atoms with Crippen LogP contribution < -0.4 is 16.4 Å². The minimum Gasteiger partial charge on any atom is -0.392 e. The first kappa shape index (κ1) is 54.3. The summed E-state index contributed by atoms with van der Waals surface area (Å²) in [6.07, 6.45) is 4.43. The van der Waals surface area contributed by atoms with Crippen molar-refractivity contribution < 1.29 is 85.6 Å². The quantitative estimate of drug-likeness (QED) is 0.0328. The van der Waals surface area contributed by atoms with Crippen LogP contribution in [0.3, 0.4) is 0 Å². The van der Waals surface area contributed by atoms with Gasteiger partial charge in [0.1, 0.15) is 36.3 Å². The molecule has 0 radical (unpaired) electrons. The number of hydrogen-bond donors (Lipinski definition) is 10. The molecule has 2 aromatic rings. The van der Waals surface area contributed by atoms with E-state index >= 15 is 0 Å². The fraction of sp³-hybridized carbons (Fsp3) is 0.647. The summed E-state index contributed by atoms with van der Waals surface area (Å²) < 4.78 is 62.3. The molecule has 2 aromatic heterocycles. The van der Waals surface area contributed by atoms with Crippen LogP contribution in [-0.4, -0.2) is 134 Å². The Morgan fingerprint density at radius 2 is 1.65 bits per heavy atom. The molecule has 11 N–H and O–H groups in total. The van der Waals surface area contributed by atoms with E-state index in [0.717, 1.165) is 54.7 Å². The maximum absolute atomic E-state index is 12.7. The zero-order valence-corrected chi connectivity index (χ0v) is 38.2. The predicted molar refractivity (Wildman–Crippen MR) is 225 cm³/mol. The van der Waals surface area contributed by atoms with Crippen molar-refractivity contribution in [3.63, 3.8) is 0 Å². The van der Waals surface area contributed by atoms with Crippen LogP contribution in [0.1, 0.15) is 71.9 Å². The number of phosphoric acid groups is 3. The SMILES string of the molecule is CCC/C=C/CC/C=C/CC(O)CC(=O)SCCNC(=O)CCNC(=O)C(O)C(C)(C)COP(=O)(O)OP(=O)(O)OCC1OC(n2cnc3c(N)ncnc32)C(O)C1OP(=O)(O)O. The number of aromatic nitrogens is 4. The first-order chi connectivity index (χ1) is 29.4. The number of aliphatic hydroxyl groups is 3. The van der Waals surface area contributed by atoms with Crippen molar-refractivity contribution in [1.29, 1.82) is 0 Å². The minimum absolute atomic E-state index is 0.0255. The van der Waals surface area contributed by atoms with Gasteiger partial charge in [0.25, 0.3) is 0 Å². The lowest BCUT2D eigenvalue weighted by Crippen LogP contribution is -2.46. The van der Waals surface area contributed by atoms with E-state index in [4.69, 9.17) is 19.5 Å². The number of nitrogens with one attached hydrogen (secondary N) is 2. The van der Waals surface area contributed by atoms with Crippen molar-refractivity contribution in [3.8, 4) is 0 Å². The van der Waals surface area contributed by atoms with Crippen molar-refractivity contribution >= 4 is 69.1 Å². The number of phosphoric ester groups is 3. The number of carbonyl (C=O) groups excluding carboxylic acids is 3. The highest BCUT2D eigenvalue weighted by Crippen LogP contribution is 2.61. The van der Waals surface area contributed by atoms with Crippen LogP contribution in [0.5, 0.6) is 0 Å². The van der Waals surface area contributed by atoms with Gasteiger partial charge in [-0.2, -0.15) is 4.31 Å². The molecule has 25 nitrogen and oxygen atoms in total. The van der Waals surface area contributed by atoms with Crippen molar-refractivity contribution in [2.45, 2.75) is 102 Å². The van der Waals surface area contributed by atoms with Gasteiger partial charge in [-0.1, -0.05) is 63.3 Å². The van der Waals surface area contributed by atoms with Gasteiger partial charge in [-0.3, -0.25) is 32.5 Å². The molecular weight excluding hydrogens is 919 g/mol. The first-order valence-electron chi connectivity index (χ1n) is 19.5. The second-order valence-corrected chi connectivity index (χ2v) is 20.1. The lowest BCUT2D eigenvalue weighted by Gasteiger charge is -2.30. The Kier molecular flexibility index (Phi) is 21.6. The van der Waals surface area contributed by atoms with Gasteiger partial charge in [0.15, 0.2) is 22.8 Å². The Morgan fingerprint density at radius 1 is 0.984 bits per heavy atom. The van der Waals surface area contributed by atoms with Gasteiger partial charge in [-0.15, -0.1) is 0 Å². The Bertz CT molecular complexity index is 2040. The van der Waals surface area contributed by atoms with Gasteiger partial charge in [-0.25, -0.2) is 28.6 Å². The average molecular weight is 976 g/mol. The van der Waals surface area contributed by atoms with Crippen molar-refractivity contribution in [2.75, 3.05) is 37.8 Å². The number of nitrogen functional groups attached to an aromatic ring is 1. The molecule has 8 atom stereocenters. The summed E-state index contributed by atoms with van der Waals surface area (Å²) in [5.41, 5.74) is 4.24. The van der Waals surface area contributed by atoms with Crippen LogP contribution in [0.15, 0.2) is 37.0 Å². The standard InChI is InChI=1S/C34H56N7O18P3S/c1-4-5-6-7-8-9-10-11-12-22(42)17-25(44)63-16-15-36-24(43)13-14-37-32(47)29(46)34(2,3)19-56-62(53,54)59-61(51,52)55-18-23-28(58-60(48,49)50)27(45)33(57-23)41-21-40-26-30(35)38-20-39-31(26)41/h6-7,10-11,20-23,27-29,33,42,45-46H,4-5,8-9,12-19H2,1-3H3,(H,36,43)(H,37,47)(H,51,52)(H,53,54)(H2,35,38,39)(H2,48,49,50)/b7-6+,11-10+. The maximum Gasteiger partial charge on any atom is 0.481 e. The Labute approximate surface area is 366 Å². The number of aliphatic hydroxyl groups excluding tert-OH is 3. The molecule has 3 rings (SSSR count). The number of amides is 2. The van der Waals surface area contributed by atoms with Crippen molar-refractivity contribution in [3.05, 3.63) is 37.0 Å². The van der Waals surface area contributed by atoms with Gasteiger partial charge in [0, 0.05) is 37.1 Å². The number of allylic oxidation sites excluding steroid dienone is 3. The number of thioether (sulfide) groups is 1. The molecule has 63 heavy (non-hydrogen) atoms. The molecule has 2 amide bonds. The third kappa shape index (κ3) is 18.8. The number of anilines is 1. The van der Waals surface area contributed by atoms with Crippen LogP contribution in [0.2, 0.25) is 0 Å². The summed E-state index contributed by atoms with van der Waals surface area (Å²) in [7, 11) is -16.4. The molecule has 1 saturated heterocycles. The summed E-state index contributed by atoms with van der Waals surface area (Å²) in [5, 5.41) is 36.3. The highest BCUT2D eigenvalue weighted by molar-refractivity contribution is 8.13. The number of ether oxygens (including phenoxy) is 1. The molecule has 0 aromatic carbocycles. The molecule has 0 saturated carbocycles. The molecule has 8 unspecified atom stereocenters. The fourth-order valence-corrected chi connectivity index (χ4v) is 9.17. The van der Waals surface area contributed by atoms with Gasteiger partial charge in [0.05, 0.1) is 25.6 Å². The van der Waals surface area contributed by atoms with E-state index in [-0.39, 0.29) is 53.8 Å². The number of hydrogen-bond acceptors (Lipinski definition) is 19. The molecule has 356 valence electrons. The Morgan fingerprint density at radius 3 is 2.33 bits per heavy atom. The van der Waals surface area contributed by atoms with E-state index in [1.165, 1.54) is 13.8 Å². The third-order valence-electron chi connectivity index (χ3n) is 8.86. The summed E-state index contributed by atoms with van der Waals surface area (Å²) in [6.45, 7) is 2.46. The molecule has 3 heterocycles. The topological polar surface area (TPSA) is 384 Å². The van der Waals surface area contributed by atoms with E-state index < -0.39 is 90.7 Å². The number of nitrogens with zero attached hydrogens (tertiary/aromatic N) is 4. The van der Waals surface area contributed by atoms with Crippen LogP contribution in [0.4, 0.5) is 5.82 Å². The fourth-order valence-electron chi connectivity index (χ4n) is 5.60. The summed E-state index contributed by atoms with van der Waals surface area (Å²) in [4.78, 5) is 88.1. The molecular formula is C34H56N7O18P3S. The van der Waals surface area contributed by atoms with E-state index in [2.05, 4.69) is 53.5 Å². The molecule has 1 aliphatic rings. The number of carbonyl (C=O) groups is 3. The van der Waals surface area contributed by atoms with Gasteiger partial charge in [-0.05, 0) is 25.7 Å². The zero-order chi connectivity index (χ0) is 47.0. The van der Waals surface area contributed by atoms with Gasteiger partial charge < -0.3 is 56.0 Å². The molecule has 1 aliphatic heterocycles. The van der Waals surface area contributed by atoms with Gasteiger partial charge in [0.2, 0.25) is 11.8 Å². The van der Waals surface area contributed by atoms with E-state index in [0.29, 0.717) is 6.42 Å². The molecule has 0 spiro atoms. The van der Waals surface area contributed by atoms with Crippen molar-refractivity contribution in [2.24, 2.45) is 5.41 Å². The molecule has 1 fully saturated rings. The number of nitrogens with two attached hydrogens (primary N) is 1. The molecule has 29 heteroatoms. The maximum atomic E-state index is 12.7. The molecule has 0 aliphatic carbocycles. The number of unbranched alkanes of at least 4 members (excludes halogenated alkanes) is 2. The lowest BCUT2D eigenvalue weighted by atomic mass is 9.87. The van der Waals surface area contributed by atoms with Crippen LogP contribution in [0, 0.1) is 5.41 Å². The highest BCUT2D eigenvalue weighted by atomic mass is 32.2. The molecule has 0 bridgehead atoms. The Balaban J connectivity index is 1.39. The third-order valence-corrected chi connectivity index (χ3v) is 12.9. The lowest BCUT2D eigenvalue weighted by molar-refractivity contribution is -0.137. The number of imidazole rings is 1. The minimum atomic E-state index is -5.59. The van der Waals surface area contributed by atoms with E-state index in [1.54, 1.807) is 0 Å².